The fourth-order valence-electron chi connectivity index (χ4n) is 1.74. The molecule has 0 saturated heterocycles. The zero-order valence-electron chi connectivity index (χ0n) is 10.6. The SMILES string of the molecule is Cc1cncc(C(O)CSc2ccccc2C)c1. The third-order valence-electron chi connectivity index (χ3n) is 2.77. The van der Waals surface area contributed by atoms with Crippen LogP contribution in [0.2, 0.25) is 0 Å². The van der Waals surface area contributed by atoms with Crippen molar-refractivity contribution in [3.05, 3.63) is 59.4 Å². The first-order valence-corrected chi connectivity index (χ1v) is 6.93. The van der Waals surface area contributed by atoms with Crippen LogP contribution >= 0.6 is 11.8 Å². The summed E-state index contributed by atoms with van der Waals surface area (Å²) in [6.45, 7) is 4.07. The monoisotopic (exact) mass is 259 g/mol. The van der Waals surface area contributed by atoms with Crippen molar-refractivity contribution in [2.24, 2.45) is 0 Å². The van der Waals surface area contributed by atoms with E-state index in [0.29, 0.717) is 5.75 Å². The lowest BCUT2D eigenvalue weighted by atomic mass is 10.1. The van der Waals surface area contributed by atoms with Crippen LogP contribution in [0.3, 0.4) is 0 Å². The molecule has 2 aromatic rings. The molecular formula is C15H17NOS. The van der Waals surface area contributed by atoms with E-state index in [1.807, 2.05) is 25.1 Å². The highest BCUT2D eigenvalue weighted by Gasteiger charge is 2.09. The third kappa shape index (κ3) is 3.34. The Kier molecular flexibility index (Phi) is 4.39. The Balaban J connectivity index is 2.00. The topological polar surface area (TPSA) is 33.1 Å². The summed E-state index contributed by atoms with van der Waals surface area (Å²) in [4.78, 5) is 5.33. The standard InChI is InChI=1S/C15H17NOS/c1-11-7-13(9-16-8-11)14(17)10-18-15-6-4-3-5-12(15)2/h3-9,14,17H,10H2,1-2H3. The van der Waals surface area contributed by atoms with Crippen LogP contribution < -0.4 is 0 Å². The van der Waals surface area contributed by atoms with Crippen molar-refractivity contribution in [2.45, 2.75) is 24.8 Å². The number of aliphatic hydroxyl groups excluding tert-OH is 1. The van der Waals surface area contributed by atoms with E-state index in [9.17, 15) is 5.11 Å². The number of aryl methyl sites for hydroxylation is 2. The zero-order valence-corrected chi connectivity index (χ0v) is 11.4. The van der Waals surface area contributed by atoms with Crippen LogP contribution in [0.25, 0.3) is 0 Å². The molecule has 0 bridgehead atoms. The molecule has 0 aliphatic carbocycles. The van der Waals surface area contributed by atoms with E-state index >= 15 is 0 Å². The summed E-state index contributed by atoms with van der Waals surface area (Å²) in [5.41, 5.74) is 3.21. The molecule has 2 nitrogen and oxygen atoms in total. The van der Waals surface area contributed by atoms with Gasteiger partial charge in [0, 0.05) is 23.0 Å². The van der Waals surface area contributed by atoms with Crippen LogP contribution in [0.15, 0.2) is 47.6 Å². The molecule has 0 saturated carbocycles. The van der Waals surface area contributed by atoms with Gasteiger partial charge in [-0.15, -0.1) is 11.8 Å². The van der Waals surface area contributed by atoms with E-state index in [0.717, 1.165) is 11.1 Å². The Bertz CT molecular complexity index is 527. The highest BCUT2D eigenvalue weighted by Crippen LogP contribution is 2.26. The average molecular weight is 259 g/mol. The maximum atomic E-state index is 10.1. The molecule has 3 heteroatoms. The number of thioether (sulfide) groups is 1. The molecule has 1 N–H and O–H groups in total. The minimum Gasteiger partial charge on any atom is -0.387 e. The van der Waals surface area contributed by atoms with E-state index < -0.39 is 6.10 Å². The van der Waals surface area contributed by atoms with Gasteiger partial charge in [0.2, 0.25) is 0 Å². The van der Waals surface area contributed by atoms with Crippen molar-refractivity contribution in [3.8, 4) is 0 Å². The molecule has 0 radical (unpaired) electrons. The second-order valence-electron chi connectivity index (χ2n) is 4.39. The quantitative estimate of drug-likeness (QED) is 0.853. The Morgan fingerprint density at radius 2 is 2.00 bits per heavy atom. The third-order valence-corrected chi connectivity index (χ3v) is 4.02. The largest absolute Gasteiger partial charge is 0.387 e. The zero-order chi connectivity index (χ0) is 13.0. The summed E-state index contributed by atoms with van der Waals surface area (Å²) in [6.07, 6.45) is 3.06. The predicted octanol–water partition coefficient (Wildman–Crippen LogP) is 3.52. The number of aromatic nitrogens is 1. The molecule has 1 atom stereocenters. The summed E-state index contributed by atoms with van der Waals surface area (Å²) in [7, 11) is 0. The molecule has 1 aromatic heterocycles. The second kappa shape index (κ2) is 6.03. The molecule has 0 aliphatic rings. The van der Waals surface area contributed by atoms with E-state index in [1.165, 1.54) is 10.5 Å². The summed E-state index contributed by atoms with van der Waals surface area (Å²) < 4.78 is 0. The Labute approximate surface area is 112 Å². The molecule has 2 rings (SSSR count). The van der Waals surface area contributed by atoms with Crippen molar-refractivity contribution in [3.63, 3.8) is 0 Å². The molecule has 94 valence electrons. The predicted molar refractivity (Wildman–Crippen MR) is 75.8 cm³/mol. The summed E-state index contributed by atoms with van der Waals surface area (Å²) in [5, 5.41) is 10.1. The molecule has 1 aromatic carbocycles. The molecule has 0 spiro atoms. The van der Waals surface area contributed by atoms with E-state index in [2.05, 4.69) is 24.0 Å². The lowest BCUT2D eigenvalue weighted by molar-refractivity contribution is 0.203. The first kappa shape index (κ1) is 13.1. The van der Waals surface area contributed by atoms with Gasteiger partial charge in [0.25, 0.3) is 0 Å². The van der Waals surface area contributed by atoms with Gasteiger partial charge < -0.3 is 5.11 Å². The van der Waals surface area contributed by atoms with Crippen molar-refractivity contribution in [1.29, 1.82) is 0 Å². The first-order chi connectivity index (χ1) is 8.66. The molecule has 0 fully saturated rings. The van der Waals surface area contributed by atoms with E-state index in [-0.39, 0.29) is 0 Å². The highest BCUT2D eigenvalue weighted by atomic mass is 32.2. The van der Waals surface area contributed by atoms with Gasteiger partial charge in [0.15, 0.2) is 0 Å². The molecule has 0 aliphatic heterocycles. The number of rotatable bonds is 4. The van der Waals surface area contributed by atoms with Gasteiger partial charge >= 0.3 is 0 Å². The van der Waals surface area contributed by atoms with Gasteiger partial charge in [-0.25, -0.2) is 0 Å². The number of hydrogen-bond donors (Lipinski definition) is 1. The van der Waals surface area contributed by atoms with Crippen LogP contribution in [0.1, 0.15) is 22.8 Å². The average Bonchev–Trinajstić information content (AvgIpc) is 2.37. The van der Waals surface area contributed by atoms with Crippen molar-refractivity contribution in [2.75, 3.05) is 5.75 Å². The lowest BCUT2D eigenvalue weighted by Gasteiger charge is -2.11. The van der Waals surface area contributed by atoms with Crippen LogP contribution in [-0.4, -0.2) is 15.8 Å². The molecule has 18 heavy (non-hydrogen) atoms. The second-order valence-corrected chi connectivity index (χ2v) is 5.45. The molecular weight excluding hydrogens is 242 g/mol. The smallest absolute Gasteiger partial charge is 0.0898 e. The maximum Gasteiger partial charge on any atom is 0.0898 e. The fraction of sp³-hybridized carbons (Fsp3) is 0.267. The van der Waals surface area contributed by atoms with Crippen molar-refractivity contribution < 1.29 is 5.11 Å². The summed E-state index contributed by atoms with van der Waals surface area (Å²) in [6, 6.07) is 10.2. The maximum absolute atomic E-state index is 10.1. The summed E-state index contributed by atoms with van der Waals surface area (Å²) in [5.74, 6) is 0.649. The molecule has 1 heterocycles. The number of nitrogens with zero attached hydrogens (tertiary/aromatic N) is 1. The van der Waals surface area contributed by atoms with E-state index in [4.69, 9.17) is 0 Å². The summed E-state index contributed by atoms with van der Waals surface area (Å²) >= 11 is 1.68. The van der Waals surface area contributed by atoms with Crippen molar-refractivity contribution >= 4 is 11.8 Å². The van der Waals surface area contributed by atoms with Crippen LogP contribution in [-0.2, 0) is 0 Å². The Morgan fingerprint density at radius 1 is 1.22 bits per heavy atom. The number of pyridine rings is 1. The van der Waals surface area contributed by atoms with Gasteiger partial charge in [-0.1, -0.05) is 24.3 Å². The fourth-order valence-corrected chi connectivity index (χ4v) is 2.74. The van der Waals surface area contributed by atoms with Crippen LogP contribution in [0, 0.1) is 13.8 Å². The highest BCUT2D eigenvalue weighted by molar-refractivity contribution is 7.99. The molecule has 0 amide bonds. The minimum atomic E-state index is -0.470. The lowest BCUT2D eigenvalue weighted by Crippen LogP contribution is -2.01. The van der Waals surface area contributed by atoms with Crippen molar-refractivity contribution in [1.82, 2.24) is 4.98 Å². The van der Waals surface area contributed by atoms with Gasteiger partial charge in [0.1, 0.15) is 0 Å². The van der Waals surface area contributed by atoms with E-state index in [1.54, 1.807) is 24.2 Å². The number of hydrogen-bond acceptors (Lipinski definition) is 3. The Hall–Kier alpha value is -1.32. The molecule has 1 unspecified atom stereocenters. The normalized spacial score (nSPS) is 12.4. The minimum absolute atomic E-state index is 0.470. The van der Waals surface area contributed by atoms with Crippen LogP contribution in [0.4, 0.5) is 0 Å². The number of aliphatic hydroxyl groups is 1. The first-order valence-electron chi connectivity index (χ1n) is 5.95. The van der Waals surface area contributed by atoms with Crippen LogP contribution in [0.5, 0.6) is 0 Å². The van der Waals surface area contributed by atoms with Gasteiger partial charge in [-0.2, -0.15) is 0 Å². The Morgan fingerprint density at radius 3 is 2.72 bits per heavy atom. The van der Waals surface area contributed by atoms with Gasteiger partial charge in [-0.05, 0) is 36.6 Å². The van der Waals surface area contributed by atoms with Gasteiger partial charge in [0.05, 0.1) is 6.10 Å². The van der Waals surface area contributed by atoms with Gasteiger partial charge in [-0.3, -0.25) is 4.98 Å². The number of benzene rings is 1.